The van der Waals surface area contributed by atoms with Crippen LogP contribution in [-0.4, -0.2) is 36.4 Å². The van der Waals surface area contributed by atoms with Crippen LogP contribution in [0.3, 0.4) is 0 Å². The Morgan fingerprint density at radius 1 is 1.09 bits per heavy atom. The molecule has 0 aliphatic carbocycles. The van der Waals surface area contributed by atoms with Gasteiger partial charge in [-0.1, -0.05) is 42.5 Å². The zero-order chi connectivity index (χ0) is 22.9. The van der Waals surface area contributed by atoms with Gasteiger partial charge in [0, 0.05) is 23.8 Å². The van der Waals surface area contributed by atoms with Gasteiger partial charge in [0.2, 0.25) is 5.88 Å². The van der Waals surface area contributed by atoms with Crippen LogP contribution in [-0.2, 0) is 22.9 Å². The Kier molecular flexibility index (Phi) is 5.86. The number of benzene rings is 3. The monoisotopic (exact) mass is 456 g/mol. The summed E-state index contributed by atoms with van der Waals surface area (Å²) in [4.78, 5) is 11.5. The number of aromatic nitrogens is 1. The summed E-state index contributed by atoms with van der Waals surface area (Å²) >= 11 is 0. The van der Waals surface area contributed by atoms with Crippen molar-refractivity contribution in [2.24, 2.45) is 0 Å². The molecule has 9 heteroatoms. The molecule has 0 saturated carbocycles. The summed E-state index contributed by atoms with van der Waals surface area (Å²) in [5.74, 6) is -0.789. The van der Waals surface area contributed by atoms with Crippen LogP contribution in [0, 0.1) is 5.82 Å². The first-order chi connectivity index (χ1) is 15.2. The highest BCUT2D eigenvalue weighted by Gasteiger charge is 2.22. The molecule has 0 aliphatic heterocycles. The number of carboxylic acid groups (broad SMARTS) is 1. The van der Waals surface area contributed by atoms with Gasteiger partial charge in [-0.3, -0.25) is 5.32 Å². The first kappa shape index (κ1) is 21.8. The Morgan fingerprint density at radius 2 is 1.84 bits per heavy atom. The van der Waals surface area contributed by atoms with Crippen LogP contribution in [0.15, 0.2) is 60.7 Å². The molecule has 0 fully saturated rings. The molecular weight excluding hydrogens is 435 g/mol. The van der Waals surface area contributed by atoms with Crippen molar-refractivity contribution in [3.63, 3.8) is 0 Å². The van der Waals surface area contributed by atoms with Crippen molar-refractivity contribution >= 4 is 37.7 Å². The standard InChI is InChI=1S/C23H21FN2O5S/c1-32(29,30)14-25-12-20-19-11-17(24)9-10-21(19)26(22(20)31-23(27)28)13-16-7-4-6-15-5-2-3-8-18(15)16/h2-11,25H,12-14H2,1H3,(H,27,28). The van der Waals surface area contributed by atoms with E-state index in [1.807, 2.05) is 42.5 Å². The van der Waals surface area contributed by atoms with Crippen LogP contribution in [0.5, 0.6) is 5.88 Å². The second kappa shape index (κ2) is 8.60. The van der Waals surface area contributed by atoms with E-state index < -0.39 is 21.8 Å². The first-order valence-corrected chi connectivity index (χ1v) is 11.9. The van der Waals surface area contributed by atoms with Gasteiger partial charge in [-0.15, -0.1) is 0 Å². The van der Waals surface area contributed by atoms with Crippen LogP contribution < -0.4 is 10.1 Å². The molecule has 2 N–H and O–H groups in total. The van der Waals surface area contributed by atoms with Crippen LogP contribution in [0.4, 0.5) is 9.18 Å². The van der Waals surface area contributed by atoms with Gasteiger partial charge in [0.1, 0.15) is 5.82 Å². The van der Waals surface area contributed by atoms with Gasteiger partial charge in [-0.25, -0.2) is 17.6 Å². The maximum absolute atomic E-state index is 14.1. The average Bonchev–Trinajstić information content (AvgIpc) is 2.99. The minimum atomic E-state index is -3.31. The highest BCUT2D eigenvalue weighted by Crippen LogP contribution is 2.34. The van der Waals surface area contributed by atoms with Gasteiger partial charge in [-0.2, -0.15) is 0 Å². The molecule has 4 aromatic rings. The molecule has 0 bridgehead atoms. The van der Waals surface area contributed by atoms with Crippen molar-refractivity contribution in [1.82, 2.24) is 9.88 Å². The molecule has 0 unspecified atom stereocenters. The first-order valence-electron chi connectivity index (χ1n) is 9.79. The summed E-state index contributed by atoms with van der Waals surface area (Å²) in [5, 5.41) is 14.6. The fourth-order valence-corrected chi connectivity index (χ4v) is 4.34. The normalized spacial score (nSPS) is 11.8. The molecule has 0 radical (unpaired) electrons. The summed E-state index contributed by atoms with van der Waals surface area (Å²) < 4.78 is 43.9. The lowest BCUT2D eigenvalue weighted by molar-refractivity contribution is 0.140. The highest BCUT2D eigenvalue weighted by atomic mass is 32.2. The molecule has 32 heavy (non-hydrogen) atoms. The molecule has 0 saturated heterocycles. The average molecular weight is 456 g/mol. The molecule has 0 spiro atoms. The Labute approximate surface area is 184 Å². The minimum absolute atomic E-state index is 0.0157. The Morgan fingerprint density at radius 3 is 2.59 bits per heavy atom. The number of carbonyl (C=O) groups is 1. The summed E-state index contributed by atoms with van der Waals surface area (Å²) in [6, 6.07) is 17.8. The van der Waals surface area contributed by atoms with Crippen LogP contribution >= 0.6 is 0 Å². The predicted octanol–water partition coefficient (Wildman–Crippen LogP) is 4.13. The molecule has 0 atom stereocenters. The molecule has 4 rings (SSSR count). The number of hydrogen-bond acceptors (Lipinski definition) is 5. The third kappa shape index (κ3) is 4.58. The lowest BCUT2D eigenvalue weighted by Crippen LogP contribution is -2.22. The van der Waals surface area contributed by atoms with Gasteiger partial charge in [0.15, 0.2) is 9.84 Å². The van der Waals surface area contributed by atoms with Crippen molar-refractivity contribution in [2.75, 3.05) is 12.1 Å². The van der Waals surface area contributed by atoms with E-state index >= 15 is 0 Å². The van der Waals surface area contributed by atoms with Crippen molar-refractivity contribution in [3.05, 3.63) is 77.6 Å². The number of hydrogen-bond donors (Lipinski definition) is 2. The van der Waals surface area contributed by atoms with E-state index in [2.05, 4.69) is 5.32 Å². The zero-order valence-corrected chi connectivity index (χ0v) is 18.0. The summed E-state index contributed by atoms with van der Waals surface area (Å²) in [6.45, 7) is 0.260. The molecule has 0 amide bonds. The van der Waals surface area contributed by atoms with Crippen LogP contribution in [0.25, 0.3) is 21.7 Å². The maximum atomic E-state index is 14.1. The molecule has 1 aromatic heterocycles. The fraction of sp³-hybridized carbons (Fsp3) is 0.174. The van der Waals surface area contributed by atoms with E-state index in [4.69, 9.17) is 4.74 Å². The third-order valence-electron chi connectivity index (χ3n) is 5.14. The van der Waals surface area contributed by atoms with Gasteiger partial charge in [0.05, 0.1) is 17.9 Å². The molecule has 0 aliphatic rings. The van der Waals surface area contributed by atoms with Gasteiger partial charge in [0.25, 0.3) is 0 Å². The van der Waals surface area contributed by atoms with Crippen molar-refractivity contribution in [2.45, 2.75) is 13.1 Å². The minimum Gasteiger partial charge on any atom is -0.449 e. The second-order valence-corrected chi connectivity index (χ2v) is 9.67. The maximum Gasteiger partial charge on any atom is 0.512 e. The third-order valence-corrected chi connectivity index (χ3v) is 5.86. The zero-order valence-electron chi connectivity index (χ0n) is 17.2. The lowest BCUT2D eigenvalue weighted by atomic mass is 10.0. The molecular formula is C23H21FN2O5S. The second-order valence-electron chi connectivity index (χ2n) is 7.53. The van der Waals surface area contributed by atoms with Crippen molar-refractivity contribution in [1.29, 1.82) is 0 Å². The van der Waals surface area contributed by atoms with E-state index in [1.54, 1.807) is 10.6 Å². The van der Waals surface area contributed by atoms with E-state index in [0.717, 1.165) is 22.6 Å². The summed E-state index contributed by atoms with van der Waals surface area (Å²) in [6.07, 6.45) is -0.435. The molecule has 1 heterocycles. The molecule has 3 aromatic carbocycles. The molecule has 7 nitrogen and oxygen atoms in total. The Balaban J connectivity index is 1.87. The number of ether oxygens (including phenoxy) is 1. The van der Waals surface area contributed by atoms with E-state index in [9.17, 15) is 22.7 Å². The van der Waals surface area contributed by atoms with Gasteiger partial charge in [-0.05, 0) is 34.5 Å². The fourth-order valence-electron chi connectivity index (χ4n) is 3.86. The quantitative estimate of drug-likeness (QED) is 0.406. The SMILES string of the molecule is CS(=O)(=O)CNCc1c(OC(=O)O)n(Cc2cccc3ccccc23)c2ccc(F)cc12. The number of sulfone groups is 1. The van der Waals surface area contributed by atoms with E-state index in [1.165, 1.54) is 12.1 Å². The van der Waals surface area contributed by atoms with Crippen molar-refractivity contribution < 1.29 is 27.4 Å². The smallest absolute Gasteiger partial charge is 0.449 e. The largest absolute Gasteiger partial charge is 0.512 e. The summed E-state index contributed by atoms with van der Waals surface area (Å²) in [7, 11) is -3.31. The number of rotatable bonds is 7. The number of nitrogens with zero attached hydrogens (tertiary/aromatic N) is 1. The number of nitrogens with one attached hydrogen (secondary N) is 1. The van der Waals surface area contributed by atoms with E-state index in [0.29, 0.717) is 16.5 Å². The van der Waals surface area contributed by atoms with Gasteiger partial charge >= 0.3 is 6.16 Å². The predicted molar refractivity (Wildman–Crippen MR) is 120 cm³/mol. The van der Waals surface area contributed by atoms with E-state index in [-0.39, 0.29) is 24.8 Å². The van der Waals surface area contributed by atoms with Crippen LogP contribution in [0.2, 0.25) is 0 Å². The Hall–Kier alpha value is -3.43. The van der Waals surface area contributed by atoms with Crippen molar-refractivity contribution in [3.8, 4) is 5.88 Å². The number of halogens is 1. The Bertz CT molecular complexity index is 1420. The van der Waals surface area contributed by atoms with Gasteiger partial charge < -0.3 is 14.4 Å². The summed E-state index contributed by atoms with van der Waals surface area (Å²) in [5.41, 5.74) is 1.87. The molecule has 166 valence electrons. The van der Waals surface area contributed by atoms with Crippen LogP contribution in [0.1, 0.15) is 11.1 Å². The number of fused-ring (bicyclic) bond motifs is 2. The highest BCUT2D eigenvalue weighted by molar-refractivity contribution is 7.90. The lowest BCUT2D eigenvalue weighted by Gasteiger charge is -2.13. The topological polar surface area (TPSA) is 97.6 Å².